The minimum atomic E-state index is 0.135. The molecule has 0 radical (unpaired) electrons. The average molecular weight is 488 g/mol. The van der Waals surface area contributed by atoms with E-state index in [1.165, 1.54) is 18.4 Å². The number of fused-ring (bicyclic) bond motifs is 1. The molecular weight excluding hydrogens is 450 g/mol. The van der Waals surface area contributed by atoms with E-state index in [-0.39, 0.29) is 11.9 Å². The number of ether oxygens (including phenoxy) is 1. The van der Waals surface area contributed by atoms with Crippen molar-refractivity contribution in [1.29, 1.82) is 0 Å². The summed E-state index contributed by atoms with van der Waals surface area (Å²) >= 11 is 0. The largest absolute Gasteiger partial charge is 0.383 e. The Bertz CT molecular complexity index is 1220. The Balaban J connectivity index is 1.55. The van der Waals surface area contributed by atoms with E-state index < -0.39 is 0 Å². The van der Waals surface area contributed by atoms with Crippen molar-refractivity contribution in [2.24, 2.45) is 17.8 Å². The van der Waals surface area contributed by atoms with E-state index in [9.17, 15) is 4.79 Å². The second kappa shape index (κ2) is 10.1. The van der Waals surface area contributed by atoms with E-state index in [2.05, 4.69) is 58.2 Å². The third-order valence-electron chi connectivity index (χ3n) is 7.96. The maximum atomic E-state index is 13.0. The zero-order valence-electron chi connectivity index (χ0n) is 22.0. The van der Waals surface area contributed by atoms with E-state index in [0.717, 1.165) is 41.2 Å². The van der Waals surface area contributed by atoms with Crippen LogP contribution in [0.15, 0.2) is 43.0 Å². The number of aryl methyl sites for hydroxylation is 1. The lowest BCUT2D eigenvalue weighted by molar-refractivity contribution is -0.117. The van der Waals surface area contributed by atoms with Crippen molar-refractivity contribution in [1.82, 2.24) is 19.7 Å². The lowest BCUT2D eigenvalue weighted by Gasteiger charge is -2.47. The van der Waals surface area contributed by atoms with Crippen LogP contribution in [0.4, 0.5) is 5.69 Å². The highest BCUT2D eigenvalue weighted by Gasteiger charge is 2.48. The number of hydrogen-bond acceptors (Lipinski definition) is 5. The number of benzene rings is 1. The second-order valence-electron chi connectivity index (χ2n) is 10.7. The smallest absolute Gasteiger partial charge is 0.224 e. The molecule has 7 heteroatoms. The molecule has 1 fully saturated rings. The quantitative estimate of drug-likeness (QED) is 0.445. The number of anilines is 1. The number of rotatable bonds is 8. The van der Waals surface area contributed by atoms with Crippen LogP contribution < -0.4 is 4.90 Å². The fourth-order valence-electron chi connectivity index (χ4n) is 6.20. The molecule has 3 aromatic rings. The van der Waals surface area contributed by atoms with Gasteiger partial charge in [0.1, 0.15) is 0 Å². The molecule has 36 heavy (non-hydrogen) atoms. The SMILES string of the molecule is COCCn1cc(-c2ccc3c(c2)C(C(C)Cc2cnc(C)cn2)C(C)C(C2CC2)N3C(C)=O)cn1. The first-order valence-electron chi connectivity index (χ1n) is 13.1. The molecular formula is C29H37N5O2. The molecule has 4 unspecified atom stereocenters. The van der Waals surface area contributed by atoms with Crippen molar-refractivity contribution in [2.75, 3.05) is 18.6 Å². The van der Waals surface area contributed by atoms with Gasteiger partial charge in [0.2, 0.25) is 5.91 Å². The zero-order valence-corrected chi connectivity index (χ0v) is 22.0. The molecule has 1 amide bonds. The summed E-state index contributed by atoms with van der Waals surface area (Å²) in [7, 11) is 1.70. The molecule has 5 rings (SSSR count). The topological polar surface area (TPSA) is 73.1 Å². The van der Waals surface area contributed by atoms with Gasteiger partial charge in [-0.2, -0.15) is 5.10 Å². The van der Waals surface area contributed by atoms with E-state index in [0.29, 0.717) is 30.3 Å². The van der Waals surface area contributed by atoms with Gasteiger partial charge in [-0.15, -0.1) is 0 Å². The van der Waals surface area contributed by atoms with Gasteiger partial charge in [-0.25, -0.2) is 0 Å². The Labute approximate surface area is 213 Å². The monoisotopic (exact) mass is 487 g/mol. The van der Waals surface area contributed by atoms with E-state index in [1.54, 1.807) is 14.0 Å². The summed E-state index contributed by atoms with van der Waals surface area (Å²) in [6, 6.07) is 6.84. The van der Waals surface area contributed by atoms with E-state index in [4.69, 9.17) is 4.74 Å². The molecule has 1 aliphatic carbocycles. The predicted molar refractivity (Wildman–Crippen MR) is 141 cm³/mol. The van der Waals surface area contributed by atoms with Crippen LogP contribution in [0.25, 0.3) is 11.1 Å². The van der Waals surface area contributed by atoms with Gasteiger partial charge in [0.25, 0.3) is 0 Å². The van der Waals surface area contributed by atoms with Crippen LogP contribution in [0.2, 0.25) is 0 Å². The van der Waals surface area contributed by atoms with Crippen molar-refractivity contribution in [3.8, 4) is 11.1 Å². The number of nitrogens with zero attached hydrogens (tertiary/aromatic N) is 5. The maximum absolute atomic E-state index is 13.0. The Morgan fingerprint density at radius 1 is 1.17 bits per heavy atom. The van der Waals surface area contributed by atoms with Gasteiger partial charge in [0.05, 0.1) is 30.7 Å². The maximum Gasteiger partial charge on any atom is 0.224 e. The van der Waals surface area contributed by atoms with Gasteiger partial charge in [0.15, 0.2) is 0 Å². The third-order valence-corrected chi connectivity index (χ3v) is 7.96. The molecule has 1 aliphatic heterocycles. The van der Waals surface area contributed by atoms with Crippen LogP contribution >= 0.6 is 0 Å². The summed E-state index contributed by atoms with van der Waals surface area (Å²) in [5, 5.41) is 4.52. The molecule has 190 valence electrons. The Kier molecular flexibility index (Phi) is 6.93. The van der Waals surface area contributed by atoms with Crippen LogP contribution in [-0.2, 0) is 22.5 Å². The van der Waals surface area contributed by atoms with Crippen LogP contribution in [0.5, 0.6) is 0 Å². The predicted octanol–water partition coefficient (Wildman–Crippen LogP) is 5.04. The summed E-state index contributed by atoms with van der Waals surface area (Å²) < 4.78 is 7.12. The number of hydrogen-bond donors (Lipinski definition) is 0. The number of aromatic nitrogens is 4. The van der Waals surface area contributed by atoms with Gasteiger partial charge in [-0.3, -0.25) is 19.4 Å². The first-order chi connectivity index (χ1) is 17.4. The third kappa shape index (κ3) is 4.81. The molecule has 0 bridgehead atoms. The Morgan fingerprint density at radius 3 is 2.64 bits per heavy atom. The summed E-state index contributed by atoms with van der Waals surface area (Å²) in [5.74, 6) is 1.74. The van der Waals surface area contributed by atoms with Crippen molar-refractivity contribution < 1.29 is 9.53 Å². The highest BCUT2D eigenvalue weighted by Crippen LogP contribution is 2.53. The minimum absolute atomic E-state index is 0.135. The lowest BCUT2D eigenvalue weighted by Crippen LogP contribution is -2.51. The first-order valence-corrected chi connectivity index (χ1v) is 13.1. The first kappa shape index (κ1) is 24.6. The average Bonchev–Trinajstić information content (AvgIpc) is 3.59. The fourth-order valence-corrected chi connectivity index (χ4v) is 6.20. The van der Waals surface area contributed by atoms with Crippen LogP contribution in [-0.4, -0.2) is 45.4 Å². The molecule has 3 heterocycles. The highest BCUT2D eigenvalue weighted by molar-refractivity contribution is 5.94. The molecule has 0 N–H and O–H groups in total. The Morgan fingerprint density at radius 2 is 1.97 bits per heavy atom. The number of carbonyl (C=O) groups excluding carboxylic acids is 1. The number of amides is 1. The summed E-state index contributed by atoms with van der Waals surface area (Å²) in [5.41, 5.74) is 6.49. The molecule has 2 aliphatic rings. The van der Waals surface area contributed by atoms with Crippen molar-refractivity contribution in [3.63, 3.8) is 0 Å². The molecule has 2 aromatic heterocycles. The number of methoxy groups -OCH3 is 1. The van der Waals surface area contributed by atoms with E-state index >= 15 is 0 Å². The van der Waals surface area contributed by atoms with Gasteiger partial charge < -0.3 is 9.64 Å². The lowest BCUT2D eigenvalue weighted by atomic mass is 9.68. The molecule has 7 nitrogen and oxygen atoms in total. The highest BCUT2D eigenvalue weighted by atomic mass is 16.5. The molecule has 0 saturated heterocycles. The van der Waals surface area contributed by atoms with Crippen molar-refractivity contribution in [2.45, 2.75) is 65.5 Å². The summed E-state index contributed by atoms with van der Waals surface area (Å²) in [6.45, 7) is 9.70. The van der Waals surface area contributed by atoms with Crippen molar-refractivity contribution >= 4 is 11.6 Å². The van der Waals surface area contributed by atoms with Crippen LogP contribution in [0.3, 0.4) is 0 Å². The van der Waals surface area contributed by atoms with E-state index in [1.807, 2.05) is 30.2 Å². The fraction of sp³-hybridized carbons (Fsp3) is 0.517. The molecule has 1 aromatic carbocycles. The Hall–Kier alpha value is -3.06. The molecule has 0 spiro atoms. The minimum Gasteiger partial charge on any atom is -0.383 e. The van der Waals surface area contributed by atoms with Crippen molar-refractivity contribution in [3.05, 3.63) is 59.9 Å². The normalized spacial score (nSPS) is 22.4. The van der Waals surface area contributed by atoms with Crippen LogP contribution in [0, 0.1) is 24.7 Å². The zero-order chi connectivity index (χ0) is 25.4. The summed E-state index contributed by atoms with van der Waals surface area (Å²) in [4.78, 5) is 24.2. The van der Waals surface area contributed by atoms with Gasteiger partial charge in [-0.05, 0) is 73.1 Å². The van der Waals surface area contributed by atoms with Gasteiger partial charge >= 0.3 is 0 Å². The van der Waals surface area contributed by atoms with Gasteiger partial charge in [-0.1, -0.05) is 19.9 Å². The van der Waals surface area contributed by atoms with Crippen LogP contribution in [0.1, 0.15) is 56.5 Å². The molecule has 1 saturated carbocycles. The number of carbonyl (C=O) groups is 1. The van der Waals surface area contributed by atoms with Gasteiger partial charge in [0, 0.05) is 49.9 Å². The second-order valence-corrected chi connectivity index (χ2v) is 10.7. The summed E-state index contributed by atoms with van der Waals surface area (Å²) in [6.07, 6.45) is 11.0. The standard InChI is InChI=1S/C29H37N5O2/c1-18(12-25-16-30-19(2)14-31-25)28-20(3)29(22-6-7-22)34(21(4)35)27-9-8-23(13-26(27)28)24-15-32-33(17-24)10-11-36-5/h8-9,13-18,20,22,28-29H,6-7,10-12H2,1-5H3. The molecule has 4 atom stereocenters.